The van der Waals surface area contributed by atoms with Crippen molar-refractivity contribution in [2.24, 2.45) is 0 Å². The zero-order chi connectivity index (χ0) is 28.8. The van der Waals surface area contributed by atoms with Crippen molar-refractivity contribution in [3.63, 3.8) is 0 Å². The second-order valence-electron chi connectivity index (χ2n) is 9.69. The van der Waals surface area contributed by atoms with Crippen LogP contribution in [-0.2, 0) is 26.2 Å². The van der Waals surface area contributed by atoms with Crippen LogP contribution >= 0.6 is 0 Å². The molecule has 0 saturated heterocycles. The van der Waals surface area contributed by atoms with Crippen LogP contribution in [0, 0.1) is 15.9 Å². The quantitative estimate of drug-likeness (QED) is 0.333. The molecule has 38 heavy (non-hydrogen) atoms. The van der Waals surface area contributed by atoms with E-state index in [9.17, 15) is 32.5 Å². The second kappa shape index (κ2) is 12.2. The van der Waals surface area contributed by atoms with Crippen LogP contribution in [0.5, 0.6) is 5.75 Å². The number of ether oxygens (including phenoxy) is 1. The van der Waals surface area contributed by atoms with E-state index in [-0.39, 0.29) is 24.4 Å². The van der Waals surface area contributed by atoms with Gasteiger partial charge in [-0.15, -0.1) is 0 Å². The summed E-state index contributed by atoms with van der Waals surface area (Å²) in [4.78, 5) is 38.8. The monoisotopic (exact) mass is 552 g/mol. The number of nitrogens with one attached hydrogen (secondary N) is 1. The summed E-state index contributed by atoms with van der Waals surface area (Å²) < 4.78 is 45.0. The molecule has 0 fully saturated rings. The van der Waals surface area contributed by atoms with E-state index in [0.29, 0.717) is 9.87 Å². The highest BCUT2D eigenvalue weighted by Gasteiger charge is 2.34. The maximum absolute atomic E-state index is 13.7. The first-order chi connectivity index (χ1) is 17.6. The highest BCUT2D eigenvalue weighted by molar-refractivity contribution is 7.92. The number of anilines is 1. The molecular formula is C25H33FN4O7S. The fourth-order valence-corrected chi connectivity index (χ4v) is 4.59. The number of amides is 2. The number of nitro groups is 1. The number of methoxy groups -OCH3 is 1. The lowest BCUT2D eigenvalue weighted by Crippen LogP contribution is -2.55. The molecule has 11 nitrogen and oxygen atoms in total. The molecule has 1 unspecified atom stereocenters. The van der Waals surface area contributed by atoms with Crippen LogP contribution in [0.3, 0.4) is 0 Å². The maximum Gasteiger partial charge on any atom is 0.271 e. The molecular weight excluding hydrogens is 519 g/mol. The second-order valence-corrected chi connectivity index (χ2v) is 11.6. The number of halogens is 1. The molecule has 0 spiro atoms. The van der Waals surface area contributed by atoms with Gasteiger partial charge in [0.15, 0.2) is 0 Å². The molecule has 0 aliphatic carbocycles. The third-order valence-corrected chi connectivity index (χ3v) is 6.60. The molecule has 13 heteroatoms. The summed E-state index contributed by atoms with van der Waals surface area (Å²) >= 11 is 0. The SMILES string of the molecule is CCC(C(=O)NC(C)(C)C)N(Cc1ccc(F)cc1)C(=O)CN(c1cc([N+](=O)[O-])ccc1OC)S(C)(=O)=O. The number of nitro benzene ring substituents is 1. The Kier molecular flexibility index (Phi) is 9.79. The highest BCUT2D eigenvalue weighted by atomic mass is 32.2. The fraction of sp³-hybridized carbons (Fsp3) is 0.440. The number of hydrogen-bond acceptors (Lipinski definition) is 7. The van der Waals surface area contributed by atoms with Crippen molar-refractivity contribution < 1.29 is 32.1 Å². The largest absolute Gasteiger partial charge is 0.495 e. The fourth-order valence-electron chi connectivity index (χ4n) is 3.74. The van der Waals surface area contributed by atoms with Gasteiger partial charge in [0, 0.05) is 24.2 Å². The van der Waals surface area contributed by atoms with Gasteiger partial charge in [-0.2, -0.15) is 0 Å². The Morgan fingerprint density at radius 3 is 2.24 bits per heavy atom. The Balaban J connectivity index is 2.57. The van der Waals surface area contributed by atoms with Crippen LogP contribution in [0.2, 0.25) is 0 Å². The van der Waals surface area contributed by atoms with Crippen LogP contribution in [0.25, 0.3) is 0 Å². The van der Waals surface area contributed by atoms with Gasteiger partial charge >= 0.3 is 0 Å². The standard InChI is InChI=1S/C25H33FN4O7S/c1-7-20(24(32)27-25(2,3)4)28(15-17-8-10-18(26)11-9-17)23(31)16-29(38(6,35)36)21-14-19(30(33)34)12-13-22(21)37-5/h8-14,20H,7,15-16H2,1-6H3,(H,27,32). The van der Waals surface area contributed by atoms with Crippen molar-refractivity contribution in [3.8, 4) is 5.75 Å². The highest BCUT2D eigenvalue weighted by Crippen LogP contribution is 2.34. The van der Waals surface area contributed by atoms with E-state index in [1.807, 2.05) is 0 Å². The smallest absolute Gasteiger partial charge is 0.271 e. The van der Waals surface area contributed by atoms with Crippen LogP contribution in [0.15, 0.2) is 42.5 Å². The number of sulfonamides is 1. The molecule has 0 aliphatic heterocycles. The number of carbonyl (C=O) groups excluding carboxylic acids is 2. The first-order valence-corrected chi connectivity index (χ1v) is 13.6. The minimum Gasteiger partial charge on any atom is -0.495 e. The van der Waals surface area contributed by atoms with Crippen molar-refractivity contribution in [3.05, 3.63) is 64.0 Å². The number of benzene rings is 2. The molecule has 0 radical (unpaired) electrons. The Hall–Kier alpha value is -3.74. The van der Waals surface area contributed by atoms with E-state index < -0.39 is 56.4 Å². The topological polar surface area (TPSA) is 139 Å². The van der Waals surface area contributed by atoms with E-state index in [1.165, 1.54) is 42.3 Å². The maximum atomic E-state index is 13.7. The van der Waals surface area contributed by atoms with Gasteiger partial charge in [0.1, 0.15) is 29.8 Å². The van der Waals surface area contributed by atoms with Crippen LogP contribution in [0.4, 0.5) is 15.8 Å². The summed E-state index contributed by atoms with van der Waals surface area (Å²) in [6.45, 7) is 6.17. The number of carbonyl (C=O) groups is 2. The molecule has 1 N–H and O–H groups in total. The summed E-state index contributed by atoms with van der Waals surface area (Å²) in [7, 11) is -2.89. The van der Waals surface area contributed by atoms with Gasteiger partial charge in [-0.1, -0.05) is 19.1 Å². The van der Waals surface area contributed by atoms with Gasteiger partial charge in [-0.05, 0) is 51.0 Å². The molecule has 1 atom stereocenters. The number of rotatable bonds is 11. The lowest BCUT2D eigenvalue weighted by Gasteiger charge is -2.34. The van der Waals surface area contributed by atoms with Crippen LogP contribution < -0.4 is 14.4 Å². The van der Waals surface area contributed by atoms with E-state index in [1.54, 1.807) is 27.7 Å². The van der Waals surface area contributed by atoms with Crippen molar-refractivity contribution in [1.29, 1.82) is 0 Å². The zero-order valence-corrected chi connectivity index (χ0v) is 23.0. The van der Waals surface area contributed by atoms with Gasteiger partial charge in [0.2, 0.25) is 21.8 Å². The minimum absolute atomic E-state index is 0.00331. The number of hydrogen-bond donors (Lipinski definition) is 1. The average molecular weight is 553 g/mol. The molecule has 2 aromatic rings. The van der Waals surface area contributed by atoms with Crippen molar-refractivity contribution in [2.75, 3.05) is 24.2 Å². The first-order valence-electron chi connectivity index (χ1n) is 11.7. The molecule has 0 aromatic heterocycles. The molecule has 2 rings (SSSR count). The molecule has 2 aromatic carbocycles. The predicted octanol–water partition coefficient (Wildman–Crippen LogP) is 3.23. The minimum atomic E-state index is -4.15. The van der Waals surface area contributed by atoms with E-state index in [4.69, 9.17) is 4.74 Å². The lowest BCUT2D eigenvalue weighted by molar-refractivity contribution is -0.384. The van der Waals surface area contributed by atoms with E-state index in [0.717, 1.165) is 18.4 Å². The van der Waals surface area contributed by atoms with Crippen molar-refractivity contribution in [2.45, 2.75) is 52.2 Å². The summed E-state index contributed by atoms with van der Waals surface area (Å²) in [5, 5.41) is 14.2. The Labute approximate surface area is 221 Å². The number of nitrogens with zero attached hydrogens (tertiary/aromatic N) is 3. The lowest BCUT2D eigenvalue weighted by atomic mass is 10.1. The zero-order valence-electron chi connectivity index (χ0n) is 22.2. The third kappa shape index (κ3) is 8.13. The summed E-state index contributed by atoms with van der Waals surface area (Å²) in [6.07, 6.45) is 1.06. The van der Waals surface area contributed by atoms with E-state index in [2.05, 4.69) is 5.32 Å². The van der Waals surface area contributed by atoms with Crippen molar-refractivity contribution >= 4 is 33.2 Å². The summed E-state index contributed by atoms with van der Waals surface area (Å²) in [6, 6.07) is 7.74. The van der Waals surface area contributed by atoms with Gasteiger partial charge in [0.25, 0.3) is 5.69 Å². The molecule has 0 saturated carbocycles. The van der Waals surface area contributed by atoms with Gasteiger partial charge < -0.3 is 15.0 Å². The van der Waals surface area contributed by atoms with Gasteiger partial charge in [-0.3, -0.25) is 24.0 Å². The molecule has 0 heterocycles. The molecule has 0 bridgehead atoms. The first kappa shape index (κ1) is 30.5. The van der Waals surface area contributed by atoms with Gasteiger partial charge in [0.05, 0.1) is 18.3 Å². The van der Waals surface area contributed by atoms with E-state index >= 15 is 0 Å². The Morgan fingerprint density at radius 2 is 1.76 bits per heavy atom. The van der Waals surface area contributed by atoms with Gasteiger partial charge in [-0.25, -0.2) is 12.8 Å². The summed E-state index contributed by atoms with van der Waals surface area (Å²) in [5.41, 5.74) is -0.697. The average Bonchev–Trinajstić information content (AvgIpc) is 2.81. The Morgan fingerprint density at radius 1 is 1.16 bits per heavy atom. The summed E-state index contributed by atoms with van der Waals surface area (Å²) in [5.74, 6) is -1.68. The third-order valence-electron chi connectivity index (χ3n) is 5.47. The van der Waals surface area contributed by atoms with Crippen LogP contribution in [0.1, 0.15) is 39.7 Å². The molecule has 208 valence electrons. The number of non-ortho nitro benzene ring substituents is 1. The van der Waals surface area contributed by atoms with Crippen LogP contribution in [-0.4, -0.2) is 61.5 Å². The molecule has 2 amide bonds. The normalized spacial score (nSPS) is 12.4. The predicted molar refractivity (Wildman–Crippen MR) is 141 cm³/mol. The Bertz CT molecular complexity index is 1280. The van der Waals surface area contributed by atoms with Crippen molar-refractivity contribution in [1.82, 2.24) is 10.2 Å². The molecule has 0 aliphatic rings.